The predicted molar refractivity (Wildman–Crippen MR) is 121 cm³/mol. The molecule has 30 heavy (non-hydrogen) atoms. The summed E-state index contributed by atoms with van der Waals surface area (Å²) in [5, 5.41) is 2.16. The topological polar surface area (TPSA) is 65.8 Å². The molecule has 0 amide bonds. The van der Waals surface area contributed by atoms with E-state index < -0.39 is 0 Å². The van der Waals surface area contributed by atoms with Gasteiger partial charge >= 0.3 is 0 Å². The zero-order valence-corrected chi connectivity index (χ0v) is 17.2. The van der Waals surface area contributed by atoms with E-state index in [0.717, 1.165) is 65.1 Å². The Hall–Kier alpha value is -3.60. The van der Waals surface area contributed by atoms with Gasteiger partial charge in [-0.1, -0.05) is 24.3 Å². The van der Waals surface area contributed by atoms with Crippen molar-refractivity contribution < 1.29 is 9.47 Å². The molecule has 0 aliphatic rings. The Balaban J connectivity index is 1.35. The zero-order valence-electron chi connectivity index (χ0n) is 17.2. The highest BCUT2D eigenvalue weighted by molar-refractivity contribution is 5.65. The molecule has 5 heteroatoms. The molecular formula is C25H27N3O2. The lowest BCUT2D eigenvalue weighted by molar-refractivity contribution is 0.308. The molecule has 5 nitrogen and oxygen atoms in total. The van der Waals surface area contributed by atoms with E-state index in [2.05, 4.69) is 39.2 Å². The van der Waals surface area contributed by atoms with E-state index in [1.807, 2.05) is 54.7 Å². The Morgan fingerprint density at radius 3 is 2.53 bits per heavy atom. The molecule has 3 N–H and O–H groups in total. The van der Waals surface area contributed by atoms with Gasteiger partial charge in [-0.15, -0.1) is 0 Å². The number of hydrogen-bond donors (Lipinski definition) is 3. The number of benzene rings is 1. The summed E-state index contributed by atoms with van der Waals surface area (Å²) >= 11 is 0. The minimum Gasteiger partial charge on any atom is -0.494 e. The Labute approximate surface area is 176 Å². The van der Waals surface area contributed by atoms with Crippen molar-refractivity contribution in [3.8, 4) is 22.9 Å². The van der Waals surface area contributed by atoms with Crippen LogP contribution in [0.25, 0.3) is 23.5 Å². The van der Waals surface area contributed by atoms with E-state index in [0.29, 0.717) is 0 Å². The average molecular weight is 402 g/mol. The van der Waals surface area contributed by atoms with E-state index in [1.165, 1.54) is 0 Å². The summed E-state index contributed by atoms with van der Waals surface area (Å²) < 4.78 is 11.3. The number of nitrogens with one attached hydrogen (secondary N) is 3. The van der Waals surface area contributed by atoms with E-state index >= 15 is 0 Å². The molecule has 0 spiro atoms. The Morgan fingerprint density at radius 1 is 0.867 bits per heavy atom. The van der Waals surface area contributed by atoms with Crippen LogP contribution in [0.1, 0.15) is 25.0 Å². The van der Waals surface area contributed by atoms with Gasteiger partial charge in [0, 0.05) is 23.0 Å². The van der Waals surface area contributed by atoms with Crippen LogP contribution in [-0.2, 0) is 0 Å². The van der Waals surface area contributed by atoms with E-state index in [9.17, 15) is 0 Å². The molecule has 0 fully saturated rings. The third-order valence-corrected chi connectivity index (χ3v) is 4.92. The fourth-order valence-electron chi connectivity index (χ4n) is 3.37. The Bertz CT molecular complexity index is 1150. The molecule has 1 aromatic carbocycles. The summed E-state index contributed by atoms with van der Waals surface area (Å²) in [6.07, 6.45) is 9.35. The third kappa shape index (κ3) is 5.06. The van der Waals surface area contributed by atoms with Crippen molar-refractivity contribution in [2.45, 2.75) is 19.3 Å². The molecule has 4 rings (SSSR count). The third-order valence-electron chi connectivity index (χ3n) is 4.92. The molecule has 0 unspecified atom stereocenters. The van der Waals surface area contributed by atoms with E-state index in [1.54, 1.807) is 7.11 Å². The van der Waals surface area contributed by atoms with Gasteiger partial charge in [0.2, 0.25) is 0 Å². The fourth-order valence-corrected chi connectivity index (χ4v) is 3.37. The number of methoxy groups -OCH3 is 1. The first-order chi connectivity index (χ1) is 14.8. The van der Waals surface area contributed by atoms with Crippen LogP contribution in [0.2, 0.25) is 0 Å². The molecule has 154 valence electrons. The first kappa shape index (κ1) is 19.7. The molecule has 0 radical (unpaired) electrons. The molecule has 3 heterocycles. The SMILES string of the molecule is COc1cc(-c2ccc[nH]2)[nH]c1C=c1ccc(=CCCCCOc2ccccc2)[nH]1. The van der Waals surface area contributed by atoms with Crippen molar-refractivity contribution in [1.82, 2.24) is 15.0 Å². The van der Waals surface area contributed by atoms with E-state index in [4.69, 9.17) is 9.47 Å². The molecule has 0 aliphatic heterocycles. The highest BCUT2D eigenvalue weighted by Crippen LogP contribution is 2.26. The molecule has 0 aliphatic carbocycles. The van der Waals surface area contributed by atoms with Crippen LogP contribution < -0.4 is 20.2 Å². The quantitative estimate of drug-likeness (QED) is 0.368. The van der Waals surface area contributed by atoms with Crippen molar-refractivity contribution in [1.29, 1.82) is 0 Å². The van der Waals surface area contributed by atoms with Crippen molar-refractivity contribution in [2.24, 2.45) is 0 Å². The van der Waals surface area contributed by atoms with Gasteiger partial charge in [-0.05, 0) is 61.7 Å². The maximum absolute atomic E-state index is 5.74. The summed E-state index contributed by atoms with van der Waals surface area (Å²) in [4.78, 5) is 10.1. The maximum atomic E-state index is 5.74. The highest BCUT2D eigenvalue weighted by Gasteiger charge is 2.08. The predicted octanol–water partition coefficient (Wildman–Crippen LogP) is 4.21. The van der Waals surface area contributed by atoms with Crippen LogP contribution in [-0.4, -0.2) is 28.7 Å². The number of ether oxygens (including phenoxy) is 2. The van der Waals surface area contributed by atoms with Gasteiger partial charge in [0.15, 0.2) is 0 Å². The number of aromatic amines is 3. The van der Waals surface area contributed by atoms with Gasteiger partial charge in [-0.3, -0.25) is 0 Å². The first-order valence-corrected chi connectivity index (χ1v) is 10.3. The number of H-pyrrole nitrogens is 3. The number of para-hydroxylation sites is 1. The maximum Gasteiger partial charge on any atom is 0.144 e. The lowest BCUT2D eigenvalue weighted by atomic mass is 10.2. The fraction of sp³-hybridized carbons (Fsp3) is 0.200. The van der Waals surface area contributed by atoms with E-state index in [-0.39, 0.29) is 0 Å². The number of unbranched alkanes of at least 4 members (excludes halogenated alkanes) is 2. The Morgan fingerprint density at radius 2 is 1.73 bits per heavy atom. The molecular weight excluding hydrogens is 374 g/mol. The molecule has 4 aromatic rings. The molecule has 0 atom stereocenters. The van der Waals surface area contributed by atoms with Crippen molar-refractivity contribution in [3.05, 3.63) is 83.3 Å². The van der Waals surface area contributed by atoms with Gasteiger partial charge in [0.25, 0.3) is 0 Å². The number of hydrogen-bond acceptors (Lipinski definition) is 2. The summed E-state index contributed by atoms with van der Waals surface area (Å²) in [6.45, 7) is 0.747. The second kappa shape index (κ2) is 9.74. The lowest BCUT2D eigenvalue weighted by Gasteiger charge is -2.04. The molecule has 3 aromatic heterocycles. The lowest BCUT2D eigenvalue weighted by Crippen LogP contribution is -2.09. The van der Waals surface area contributed by atoms with Gasteiger partial charge < -0.3 is 24.4 Å². The summed E-state index contributed by atoms with van der Waals surface area (Å²) in [5.41, 5.74) is 2.97. The van der Waals surface area contributed by atoms with Gasteiger partial charge in [-0.2, -0.15) is 0 Å². The minimum atomic E-state index is 0.747. The van der Waals surface area contributed by atoms with Gasteiger partial charge in [0.05, 0.1) is 30.8 Å². The molecule has 0 bridgehead atoms. The Kier molecular flexibility index (Phi) is 6.40. The second-order valence-corrected chi connectivity index (χ2v) is 7.12. The van der Waals surface area contributed by atoms with Crippen LogP contribution in [0, 0.1) is 0 Å². The van der Waals surface area contributed by atoms with Gasteiger partial charge in [0.1, 0.15) is 11.5 Å². The normalized spacial score (nSPS) is 12.4. The largest absolute Gasteiger partial charge is 0.494 e. The van der Waals surface area contributed by atoms with Crippen LogP contribution in [0.5, 0.6) is 11.5 Å². The van der Waals surface area contributed by atoms with Crippen molar-refractivity contribution >= 4 is 12.2 Å². The summed E-state index contributed by atoms with van der Waals surface area (Å²) in [7, 11) is 1.69. The smallest absolute Gasteiger partial charge is 0.144 e. The average Bonchev–Trinajstić information content (AvgIpc) is 3.52. The minimum absolute atomic E-state index is 0.747. The monoisotopic (exact) mass is 401 g/mol. The molecule has 0 saturated heterocycles. The van der Waals surface area contributed by atoms with Crippen molar-refractivity contribution in [3.63, 3.8) is 0 Å². The molecule has 0 saturated carbocycles. The zero-order chi connectivity index (χ0) is 20.6. The van der Waals surface area contributed by atoms with Crippen LogP contribution in [0.3, 0.4) is 0 Å². The van der Waals surface area contributed by atoms with Gasteiger partial charge in [-0.25, -0.2) is 0 Å². The van der Waals surface area contributed by atoms with Crippen LogP contribution >= 0.6 is 0 Å². The number of aromatic nitrogens is 3. The van der Waals surface area contributed by atoms with Crippen LogP contribution in [0.4, 0.5) is 0 Å². The number of rotatable bonds is 9. The first-order valence-electron chi connectivity index (χ1n) is 10.3. The van der Waals surface area contributed by atoms with Crippen molar-refractivity contribution in [2.75, 3.05) is 13.7 Å². The summed E-state index contributed by atoms with van der Waals surface area (Å²) in [6, 6.07) is 20.2. The summed E-state index contributed by atoms with van der Waals surface area (Å²) in [5.74, 6) is 1.75. The standard InChI is InChI=1S/C25H27N3O2/c1-29-25-18-23(22-12-8-15-26-22)28-24(25)17-20-14-13-19(27-20)9-4-3-7-16-30-21-10-5-2-6-11-21/h2,5-6,8-15,17-18,26-28H,3-4,7,16H2,1H3. The van der Waals surface area contributed by atoms with Crippen LogP contribution in [0.15, 0.2) is 66.9 Å². The highest BCUT2D eigenvalue weighted by atomic mass is 16.5. The second-order valence-electron chi connectivity index (χ2n) is 7.12.